The number of anilines is 2. The zero-order chi connectivity index (χ0) is 37.5. The Hall–Kier alpha value is -5.30. The van der Waals surface area contributed by atoms with Crippen molar-refractivity contribution >= 4 is 42.6 Å². The van der Waals surface area contributed by atoms with Crippen LogP contribution in [-0.2, 0) is 22.2 Å². The van der Waals surface area contributed by atoms with E-state index in [4.69, 9.17) is 4.43 Å². The van der Waals surface area contributed by atoms with Gasteiger partial charge in [0.05, 0.1) is 34.9 Å². The van der Waals surface area contributed by atoms with Gasteiger partial charge < -0.3 is 30.3 Å². The predicted molar refractivity (Wildman–Crippen MR) is 208 cm³/mol. The third-order valence-corrected chi connectivity index (χ3v) is 14.0. The molecule has 3 aromatic carbocycles. The van der Waals surface area contributed by atoms with Gasteiger partial charge in [0.1, 0.15) is 5.75 Å². The van der Waals surface area contributed by atoms with Crippen molar-refractivity contribution in [3.63, 3.8) is 0 Å². The van der Waals surface area contributed by atoms with Crippen LogP contribution < -0.4 is 21.5 Å². The van der Waals surface area contributed by atoms with E-state index in [-0.39, 0.29) is 28.4 Å². The number of carbonyl (C=O) groups excluding carboxylic acids is 1. The lowest BCUT2D eigenvalue weighted by Crippen LogP contribution is -2.43. The molecule has 1 unspecified atom stereocenters. The molecule has 5 rings (SSSR count). The number of aromatic nitrogens is 2. The number of aromatic hydroxyl groups is 1. The number of aromatic amines is 1. The number of hydrogen-bond acceptors (Lipinski definition) is 7. The summed E-state index contributed by atoms with van der Waals surface area (Å²) in [6, 6.07) is 25.5. The molecule has 5 aromatic rings. The molecule has 52 heavy (non-hydrogen) atoms. The molecule has 272 valence electrons. The number of rotatable bonds is 14. The molecule has 0 radical (unpaired) electrons. The highest BCUT2D eigenvalue weighted by Gasteiger charge is 2.39. The smallest absolute Gasteiger partial charge is 0.409 e. The summed E-state index contributed by atoms with van der Waals surface area (Å²) in [5, 5.41) is 29.4. The first kappa shape index (κ1) is 37.9. The lowest BCUT2D eigenvalue weighted by atomic mass is 9.99. The summed E-state index contributed by atoms with van der Waals surface area (Å²) in [6.07, 6.45) is 1.64. The number of H-pyrrole nitrogens is 1. The fraction of sp³-hybridized carbons (Fsp3) is 0.300. The number of carboxylic acid groups (broad SMARTS) is 1. The second-order valence-corrected chi connectivity index (χ2v) is 19.2. The van der Waals surface area contributed by atoms with Crippen molar-refractivity contribution in [2.75, 3.05) is 17.2 Å². The number of hydrogen-bond donors (Lipinski definition) is 6. The highest BCUT2D eigenvalue weighted by molar-refractivity contribution is 6.74. The highest BCUT2D eigenvalue weighted by Crippen LogP contribution is 2.41. The highest BCUT2D eigenvalue weighted by atomic mass is 28.4. The topological polar surface area (TPSA) is 166 Å². The average Bonchev–Trinajstić information content (AvgIpc) is 3.09. The van der Waals surface area contributed by atoms with Gasteiger partial charge in [-0.25, -0.2) is 4.79 Å². The van der Waals surface area contributed by atoms with Crippen molar-refractivity contribution in [3.05, 3.63) is 118 Å². The van der Waals surface area contributed by atoms with Crippen molar-refractivity contribution in [2.24, 2.45) is 0 Å². The molecule has 0 spiro atoms. The second kappa shape index (κ2) is 16.4. The quantitative estimate of drug-likeness (QED) is 0.0625. The monoisotopic (exact) mass is 721 g/mol. The molecular formula is C40H47N5O6Si. The number of aryl methyl sites for hydroxylation is 1. The molecule has 0 aliphatic heterocycles. The van der Waals surface area contributed by atoms with E-state index in [0.29, 0.717) is 49.2 Å². The predicted octanol–water partition coefficient (Wildman–Crippen LogP) is 8.20. The van der Waals surface area contributed by atoms with Gasteiger partial charge in [-0.15, -0.1) is 0 Å². The standard InChI is InChI=1S/C40H47N5O6Si/c1-40(2,3)52(4,5)51-35(31-18-20-34(46)38-32(31)19-21-37(48)45-38)25-41-23-28-15-16-29(24-42-28)43-36(47)13-9-10-26-14-17-30(27-11-7-6-8-12-27)33(22-26)44-39(49)50/h6-8,11-12,14-22,24,35,41,44,46H,9-10,13,23,25H2,1-5H3,(H,43,47)(H,45,48)(H,49,50). The Morgan fingerprint density at radius 1 is 0.962 bits per heavy atom. The lowest BCUT2D eigenvalue weighted by Gasteiger charge is -2.39. The van der Waals surface area contributed by atoms with Gasteiger partial charge in [-0.1, -0.05) is 69.3 Å². The van der Waals surface area contributed by atoms with Crippen molar-refractivity contribution in [2.45, 2.75) is 70.8 Å². The van der Waals surface area contributed by atoms with E-state index in [0.717, 1.165) is 33.3 Å². The Bertz CT molecular complexity index is 2080. The Labute approximate surface area is 304 Å². The minimum Gasteiger partial charge on any atom is -0.506 e. The van der Waals surface area contributed by atoms with Gasteiger partial charge in [0.2, 0.25) is 11.5 Å². The van der Waals surface area contributed by atoms with E-state index in [1.165, 1.54) is 6.07 Å². The van der Waals surface area contributed by atoms with Gasteiger partial charge >= 0.3 is 6.09 Å². The molecule has 0 aliphatic carbocycles. The number of nitrogens with zero attached hydrogens (tertiary/aromatic N) is 1. The van der Waals surface area contributed by atoms with Gasteiger partial charge in [0, 0.05) is 36.5 Å². The number of carbonyl (C=O) groups is 2. The molecule has 2 heterocycles. The number of phenolic OH excluding ortho intramolecular Hbond substituents is 1. The summed E-state index contributed by atoms with van der Waals surface area (Å²) in [6.45, 7) is 11.9. The number of nitrogens with one attached hydrogen (secondary N) is 4. The van der Waals surface area contributed by atoms with Crippen LogP contribution in [0.1, 0.15) is 56.5 Å². The maximum atomic E-state index is 12.8. The van der Waals surface area contributed by atoms with Crippen LogP contribution in [-0.4, -0.2) is 47.0 Å². The Morgan fingerprint density at radius 2 is 1.73 bits per heavy atom. The Balaban J connectivity index is 1.17. The van der Waals surface area contributed by atoms with Crippen LogP contribution in [0.25, 0.3) is 22.0 Å². The van der Waals surface area contributed by atoms with Crippen molar-refractivity contribution < 1.29 is 24.2 Å². The van der Waals surface area contributed by atoms with Gasteiger partial charge in [-0.3, -0.25) is 19.9 Å². The van der Waals surface area contributed by atoms with Crippen molar-refractivity contribution in [1.82, 2.24) is 15.3 Å². The average molecular weight is 722 g/mol. The molecule has 0 fully saturated rings. The molecule has 12 heteroatoms. The zero-order valence-electron chi connectivity index (χ0n) is 30.2. The van der Waals surface area contributed by atoms with Crippen LogP contribution in [0.15, 0.2) is 95.9 Å². The minimum atomic E-state index is -2.22. The minimum absolute atomic E-state index is 0.00446. The Kier molecular flexibility index (Phi) is 11.9. The second-order valence-electron chi connectivity index (χ2n) is 14.4. The fourth-order valence-corrected chi connectivity index (χ4v) is 7.01. The number of pyridine rings is 2. The summed E-state index contributed by atoms with van der Waals surface area (Å²) >= 11 is 0. The van der Waals surface area contributed by atoms with Crippen molar-refractivity contribution in [3.8, 4) is 16.9 Å². The van der Waals surface area contributed by atoms with Crippen LogP contribution in [0.4, 0.5) is 16.2 Å². The fourth-order valence-electron chi connectivity index (χ4n) is 5.73. The third kappa shape index (κ3) is 9.72. The van der Waals surface area contributed by atoms with E-state index < -0.39 is 14.4 Å². The van der Waals surface area contributed by atoms with Gasteiger partial charge in [0.15, 0.2) is 8.32 Å². The SMILES string of the molecule is CC(C)(C)[Si](C)(C)OC(CNCc1ccc(NC(=O)CCCc2ccc(-c3ccccc3)c(NC(=O)O)c2)cn1)c1ccc(O)c2[nH]c(=O)ccc12. The Morgan fingerprint density at radius 3 is 2.42 bits per heavy atom. The van der Waals surface area contributed by atoms with Crippen molar-refractivity contribution in [1.29, 1.82) is 0 Å². The summed E-state index contributed by atoms with van der Waals surface area (Å²) < 4.78 is 6.88. The molecule has 0 saturated carbocycles. The summed E-state index contributed by atoms with van der Waals surface area (Å²) in [5.74, 6) is -0.129. The van der Waals surface area contributed by atoms with E-state index in [1.807, 2.05) is 66.7 Å². The molecule has 2 amide bonds. The molecule has 6 N–H and O–H groups in total. The number of phenols is 1. The van der Waals surface area contributed by atoms with Crippen LogP contribution in [0.3, 0.4) is 0 Å². The number of fused-ring (bicyclic) bond motifs is 1. The summed E-state index contributed by atoms with van der Waals surface area (Å²) in [5.41, 5.74) is 5.48. The van der Waals surface area contributed by atoms with Gasteiger partial charge in [-0.2, -0.15) is 0 Å². The van der Waals surface area contributed by atoms with E-state index in [9.17, 15) is 24.6 Å². The van der Waals surface area contributed by atoms with Crippen LogP contribution in [0, 0.1) is 0 Å². The number of benzene rings is 3. The molecule has 0 aliphatic rings. The van der Waals surface area contributed by atoms with Crippen LogP contribution in [0.5, 0.6) is 5.75 Å². The van der Waals surface area contributed by atoms with E-state index in [1.54, 1.807) is 18.3 Å². The van der Waals surface area contributed by atoms with E-state index >= 15 is 0 Å². The largest absolute Gasteiger partial charge is 0.506 e. The summed E-state index contributed by atoms with van der Waals surface area (Å²) in [4.78, 5) is 43.5. The zero-order valence-corrected chi connectivity index (χ0v) is 31.2. The molecule has 1 atom stereocenters. The molecular weight excluding hydrogens is 675 g/mol. The summed E-state index contributed by atoms with van der Waals surface area (Å²) in [7, 11) is -2.22. The van der Waals surface area contributed by atoms with Crippen LogP contribution in [0.2, 0.25) is 18.1 Å². The maximum absolute atomic E-state index is 12.8. The molecule has 0 saturated heterocycles. The number of amides is 2. The third-order valence-electron chi connectivity index (χ3n) is 9.52. The first-order valence-corrected chi connectivity index (χ1v) is 20.3. The van der Waals surface area contributed by atoms with Crippen LogP contribution >= 0.6 is 0 Å². The van der Waals surface area contributed by atoms with E-state index in [2.05, 4.69) is 59.8 Å². The normalized spacial score (nSPS) is 12.4. The maximum Gasteiger partial charge on any atom is 0.409 e. The van der Waals surface area contributed by atoms with Gasteiger partial charge in [-0.05, 0) is 78.0 Å². The first-order valence-electron chi connectivity index (χ1n) is 17.4. The lowest BCUT2D eigenvalue weighted by molar-refractivity contribution is -0.116. The molecule has 0 bridgehead atoms. The van der Waals surface area contributed by atoms with Gasteiger partial charge in [0.25, 0.3) is 0 Å². The molecule has 2 aromatic heterocycles. The first-order chi connectivity index (χ1) is 24.7. The molecule has 11 nitrogen and oxygen atoms in total.